The summed E-state index contributed by atoms with van der Waals surface area (Å²) in [6.45, 7) is 4.05. The quantitative estimate of drug-likeness (QED) is 0.873. The first kappa shape index (κ1) is 15.6. The highest BCUT2D eigenvalue weighted by atomic mass is 79.9. The number of hydrogen-bond donors (Lipinski definition) is 1. The van der Waals surface area contributed by atoms with Gasteiger partial charge in [0.2, 0.25) is 10.0 Å². The predicted molar refractivity (Wildman–Crippen MR) is 84.4 cm³/mol. The topological polar surface area (TPSA) is 59.1 Å². The van der Waals surface area contributed by atoms with Gasteiger partial charge in [0.1, 0.15) is 5.01 Å². The fraction of sp³-hybridized carbons (Fsp3) is 0.308. The lowest BCUT2D eigenvalue weighted by Gasteiger charge is -2.08. The standard InChI is InChI=1S/C13H15BrN2O2S2/c1-3-11-7-15-13(19-11)8-16-20(17,18)12-6-10(14)5-4-9(12)2/h4-7,16H,3,8H2,1-2H3. The van der Waals surface area contributed by atoms with E-state index < -0.39 is 10.0 Å². The average Bonchev–Trinajstić information content (AvgIpc) is 2.87. The van der Waals surface area contributed by atoms with Gasteiger partial charge in [-0.2, -0.15) is 0 Å². The van der Waals surface area contributed by atoms with E-state index in [2.05, 4.69) is 25.6 Å². The maximum absolute atomic E-state index is 12.3. The maximum atomic E-state index is 12.3. The third-order valence-electron chi connectivity index (χ3n) is 2.80. The van der Waals surface area contributed by atoms with Gasteiger partial charge in [0.05, 0.1) is 11.4 Å². The van der Waals surface area contributed by atoms with Crippen molar-refractivity contribution in [1.82, 2.24) is 9.71 Å². The number of nitrogens with one attached hydrogen (secondary N) is 1. The van der Waals surface area contributed by atoms with Crippen LogP contribution in [0.5, 0.6) is 0 Å². The van der Waals surface area contributed by atoms with Gasteiger partial charge in [-0.1, -0.05) is 28.9 Å². The zero-order valence-corrected chi connectivity index (χ0v) is 14.4. The van der Waals surface area contributed by atoms with Gasteiger partial charge in [0.15, 0.2) is 0 Å². The van der Waals surface area contributed by atoms with Gasteiger partial charge in [-0.3, -0.25) is 0 Å². The molecule has 0 radical (unpaired) electrons. The molecule has 108 valence electrons. The molecule has 1 aromatic heterocycles. The zero-order valence-electron chi connectivity index (χ0n) is 11.2. The normalized spacial score (nSPS) is 11.8. The van der Waals surface area contributed by atoms with E-state index in [1.807, 2.05) is 13.0 Å². The van der Waals surface area contributed by atoms with Crippen molar-refractivity contribution in [3.8, 4) is 0 Å². The van der Waals surface area contributed by atoms with Crippen LogP contribution in [-0.2, 0) is 23.0 Å². The first-order chi connectivity index (χ1) is 9.42. The van der Waals surface area contributed by atoms with Crippen molar-refractivity contribution in [1.29, 1.82) is 0 Å². The fourth-order valence-electron chi connectivity index (χ4n) is 1.69. The molecule has 1 heterocycles. The van der Waals surface area contributed by atoms with Gasteiger partial charge in [0, 0.05) is 15.5 Å². The lowest BCUT2D eigenvalue weighted by molar-refractivity contribution is 0.580. The highest BCUT2D eigenvalue weighted by Crippen LogP contribution is 2.21. The summed E-state index contributed by atoms with van der Waals surface area (Å²) in [6.07, 6.45) is 2.70. The van der Waals surface area contributed by atoms with Crippen molar-refractivity contribution in [2.45, 2.75) is 31.7 Å². The van der Waals surface area contributed by atoms with E-state index in [9.17, 15) is 8.42 Å². The zero-order chi connectivity index (χ0) is 14.8. The minimum Gasteiger partial charge on any atom is -0.248 e. The van der Waals surface area contributed by atoms with Gasteiger partial charge < -0.3 is 0 Å². The Bertz CT molecular complexity index is 711. The molecule has 0 amide bonds. The Balaban J connectivity index is 2.17. The smallest absolute Gasteiger partial charge is 0.241 e. The molecule has 4 nitrogen and oxygen atoms in total. The van der Waals surface area contributed by atoms with E-state index >= 15 is 0 Å². The molecular weight excluding hydrogens is 360 g/mol. The van der Waals surface area contributed by atoms with Gasteiger partial charge in [-0.15, -0.1) is 11.3 Å². The van der Waals surface area contributed by atoms with Gasteiger partial charge in [-0.05, 0) is 31.0 Å². The second-order valence-corrected chi connectivity index (χ2v) is 8.16. The number of aryl methyl sites for hydroxylation is 2. The van der Waals surface area contributed by atoms with Gasteiger partial charge >= 0.3 is 0 Å². The van der Waals surface area contributed by atoms with Crippen LogP contribution in [0, 0.1) is 6.92 Å². The highest BCUT2D eigenvalue weighted by molar-refractivity contribution is 9.10. The molecule has 0 saturated heterocycles. The Morgan fingerprint density at radius 3 is 2.80 bits per heavy atom. The van der Waals surface area contributed by atoms with Gasteiger partial charge in [-0.25, -0.2) is 18.1 Å². The summed E-state index contributed by atoms with van der Waals surface area (Å²) in [5.41, 5.74) is 0.717. The maximum Gasteiger partial charge on any atom is 0.241 e. The summed E-state index contributed by atoms with van der Waals surface area (Å²) in [5.74, 6) is 0. The molecule has 1 aromatic carbocycles. The minimum atomic E-state index is -3.52. The van der Waals surface area contributed by atoms with Crippen molar-refractivity contribution in [2.24, 2.45) is 0 Å². The Labute approximate surface area is 131 Å². The molecule has 20 heavy (non-hydrogen) atoms. The van der Waals surface area contributed by atoms with Crippen LogP contribution in [0.25, 0.3) is 0 Å². The van der Waals surface area contributed by atoms with Crippen molar-refractivity contribution in [2.75, 3.05) is 0 Å². The van der Waals surface area contributed by atoms with E-state index in [0.717, 1.165) is 20.8 Å². The number of rotatable bonds is 5. The summed E-state index contributed by atoms with van der Waals surface area (Å²) >= 11 is 4.82. The van der Waals surface area contributed by atoms with Crippen LogP contribution in [0.1, 0.15) is 22.4 Å². The van der Waals surface area contributed by atoms with Gasteiger partial charge in [0.25, 0.3) is 0 Å². The van der Waals surface area contributed by atoms with Crippen LogP contribution in [0.3, 0.4) is 0 Å². The molecule has 2 aromatic rings. The molecule has 0 spiro atoms. The van der Waals surface area contributed by atoms with E-state index in [1.165, 1.54) is 11.3 Å². The Morgan fingerprint density at radius 2 is 2.15 bits per heavy atom. The molecular formula is C13H15BrN2O2S2. The van der Waals surface area contributed by atoms with Crippen molar-refractivity contribution < 1.29 is 8.42 Å². The molecule has 2 rings (SSSR count). The predicted octanol–water partition coefficient (Wildman–Crippen LogP) is 3.25. The Morgan fingerprint density at radius 1 is 1.40 bits per heavy atom. The van der Waals surface area contributed by atoms with Crippen LogP contribution >= 0.6 is 27.3 Å². The lowest BCUT2D eigenvalue weighted by Crippen LogP contribution is -2.23. The molecule has 0 aliphatic carbocycles. The first-order valence-electron chi connectivity index (χ1n) is 6.12. The van der Waals surface area contributed by atoms with Crippen LogP contribution < -0.4 is 4.72 Å². The summed E-state index contributed by atoms with van der Waals surface area (Å²) in [7, 11) is -3.52. The third-order valence-corrected chi connectivity index (χ3v) is 5.98. The van der Waals surface area contributed by atoms with Crippen LogP contribution in [0.4, 0.5) is 0 Å². The largest absolute Gasteiger partial charge is 0.248 e. The number of nitrogens with zero attached hydrogens (tertiary/aromatic N) is 1. The molecule has 0 aliphatic heterocycles. The van der Waals surface area contributed by atoms with E-state index in [4.69, 9.17) is 0 Å². The Kier molecular flexibility index (Phi) is 4.95. The van der Waals surface area contributed by atoms with Crippen LogP contribution in [0.15, 0.2) is 33.8 Å². The van der Waals surface area contributed by atoms with E-state index in [-0.39, 0.29) is 6.54 Å². The second kappa shape index (κ2) is 6.34. The molecule has 0 aliphatic rings. The number of aromatic nitrogens is 1. The third kappa shape index (κ3) is 3.66. The first-order valence-corrected chi connectivity index (χ1v) is 9.21. The number of halogens is 1. The Hall–Kier alpha value is -0.760. The molecule has 7 heteroatoms. The molecule has 0 saturated carbocycles. The number of benzene rings is 1. The number of hydrogen-bond acceptors (Lipinski definition) is 4. The molecule has 0 atom stereocenters. The molecule has 0 fully saturated rings. The lowest BCUT2D eigenvalue weighted by atomic mass is 10.2. The second-order valence-electron chi connectivity index (χ2n) is 4.31. The fourth-order valence-corrected chi connectivity index (χ4v) is 4.35. The molecule has 0 bridgehead atoms. The summed E-state index contributed by atoms with van der Waals surface area (Å²) < 4.78 is 27.9. The molecule has 0 unspecified atom stereocenters. The summed E-state index contributed by atoms with van der Waals surface area (Å²) in [5, 5.41) is 0.776. The molecule has 1 N–H and O–H groups in total. The number of thiazole rings is 1. The SMILES string of the molecule is CCc1cnc(CNS(=O)(=O)c2cc(Br)ccc2C)s1. The van der Waals surface area contributed by atoms with Crippen LogP contribution in [-0.4, -0.2) is 13.4 Å². The van der Waals surface area contributed by atoms with Crippen molar-refractivity contribution >= 4 is 37.3 Å². The monoisotopic (exact) mass is 374 g/mol. The van der Waals surface area contributed by atoms with Crippen molar-refractivity contribution in [3.05, 3.63) is 44.3 Å². The van der Waals surface area contributed by atoms with E-state index in [1.54, 1.807) is 25.3 Å². The van der Waals surface area contributed by atoms with Crippen molar-refractivity contribution in [3.63, 3.8) is 0 Å². The highest BCUT2D eigenvalue weighted by Gasteiger charge is 2.17. The summed E-state index contributed by atoms with van der Waals surface area (Å²) in [4.78, 5) is 5.65. The summed E-state index contributed by atoms with van der Waals surface area (Å²) in [6, 6.07) is 5.21. The average molecular weight is 375 g/mol. The number of sulfonamides is 1. The van der Waals surface area contributed by atoms with Crippen LogP contribution in [0.2, 0.25) is 0 Å². The minimum absolute atomic E-state index is 0.221. The van der Waals surface area contributed by atoms with E-state index in [0.29, 0.717) is 10.5 Å².